The van der Waals surface area contributed by atoms with E-state index < -0.39 is 11.8 Å². The summed E-state index contributed by atoms with van der Waals surface area (Å²) in [5.74, 6) is -1.08. The molecule has 0 bridgehead atoms. The van der Waals surface area contributed by atoms with Crippen LogP contribution in [0.25, 0.3) is 0 Å². The Morgan fingerprint density at radius 3 is 2.06 bits per heavy atom. The summed E-state index contributed by atoms with van der Waals surface area (Å²) in [4.78, 5) is 27.5. The lowest BCUT2D eigenvalue weighted by Crippen LogP contribution is -2.44. The monoisotopic (exact) mass is 251 g/mol. The van der Waals surface area contributed by atoms with Crippen LogP contribution in [0.4, 0.5) is 0 Å². The van der Waals surface area contributed by atoms with Gasteiger partial charge in [0.05, 0.1) is 13.1 Å². The fourth-order valence-corrected chi connectivity index (χ4v) is 1.76. The zero-order valence-corrected chi connectivity index (χ0v) is 9.95. The van der Waals surface area contributed by atoms with Gasteiger partial charge in [-0.15, -0.1) is 0 Å². The molecule has 98 valence electrons. The first-order valence-corrected chi connectivity index (χ1v) is 5.45. The quantitative estimate of drug-likeness (QED) is 0.535. The van der Waals surface area contributed by atoms with Crippen LogP contribution in [0, 0.1) is 0 Å². The third-order valence-electron chi connectivity index (χ3n) is 2.47. The Balaban J connectivity index is 2.92. The second kappa shape index (κ2) is 6.67. The van der Waals surface area contributed by atoms with Gasteiger partial charge in [-0.25, -0.2) is 0 Å². The molecule has 0 aromatic carbocycles. The van der Waals surface area contributed by atoms with E-state index in [2.05, 4.69) is 4.98 Å². The van der Waals surface area contributed by atoms with Crippen molar-refractivity contribution < 1.29 is 9.59 Å². The fourth-order valence-electron chi connectivity index (χ4n) is 1.76. The second-order valence-corrected chi connectivity index (χ2v) is 3.87. The average molecular weight is 251 g/mol. The molecular formula is C11H17N5O2. The number of pyridine rings is 1. The normalized spacial score (nSPS) is 12.3. The number of aromatic nitrogens is 1. The van der Waals surface area contributed by atoms with Crippen molar-refractivity contribution in [3.63, 3.8) is 0 Å². The second-order valence-electron chi connectivity index (χ2n) is 3.87. The lowest BCUT2D eigenvalue weighted by atomic mass is 10.1. The lowest BCUT2D eigenvalue weighted by molar-refractivity contribution is -0.122. The number of hydrogen-bond acceptors (Lipinski definition) is 5. The molecule has 0 saturated heterocycles. The highest BCUT2D eigenvalue weighted by Gasteiger charge is 2.22. The van der Waals surface area contributed by atoms with Crippen molar-refractivity contribution in [2.45, 2.75) is 6.04 Å². The first-order chi connectivity index (χ1) is 8.54. The maximum atomic E-state index is 11.0. The number of nitrogens with two attached hydrogens (primary N) is 3. The van der Waals surface area contributed by atoms with Crippen LogP contribution in [0.5, 0.6) is 0 Å². The summed E-state index contributed by atoms with van der Waals surface area (Å²) in [5.41, 5.74) is 16.9. The highest BCUT2D eigenvalue weighted by atomic mass is 16.2. The van der Waals surface area contributed by atoms with Crippen LogP contribution >= 0.6 is 0 Å². The van der Waals surface area contributed by atoms with E-state index >= 15 is 0 Å². The summed E-state index contributed by atoms with van der Waals surface area (Å²) >= 11 is 0. The third-order valence-corrected chi connectivity index (χ3v) is 2.47. The molecule has 1 heterocycles. The van der Waals surface area contributed by atoms with Crippen molar-refractivity contribution in [3.05, 3.63) is 30.1 Å². The summed E-state index contributed by atoms with van der Waals surface area (Å²) in [6.07, 6.45) is 3.23. The van der Waals surface area contributed by atoms with Crippen molar-refractivity contribution in [1.82, 2.24) is 9.88 Å². The van der Waals surface area contributed by atoms with Gasteiger partial charge in [0, 0.05) is 25.0 Å². The van der Waals surface area contributed by atoms with Gasteiger partial charge in [-0.1, -0.05) is 0 Å². The smallest absolute Gasteiger partial charge is 0.231 e. The van der Waals surface area contributed by atoms with Gasteiger partial charge in [-0.3, -0.25) is 19.5 Å². The van der Waals surface area contributed by atoms with Crippen LogP contribution in [0.2, 0.25) is 0 Å². The minimum Gasteiger partial charge on any atom is -0.369 e. The van der Waals surface area contributed by atoms with Gasteiger partial charge in [-0.05, 0) is 17.7 Å². The summed E-state index contributed by atoms with van der Waals surface area (Å²) in [5, 5.41) is 0. The standard InChI is InChI=1S/C11H17N5O2/c12-5-9(8-1-3-15-4-2-8)16(6-10(13)17)7-11(14)18/h1-4,9H,5-7,12H2,(H2,13,17)(H2,14,18). The van der Waals surface area contributed by atoms with E-state index in [0.717, 1.165) is 5.56 Å². The Hall–Kier alpha value is -1.99. The molecule has 0 fully saturated rings. The van der Waals surface area contributed by atoms with Crippen molar-refractivity contribution in [3.8, 4) is 0 Å². The molecule has 0 aliphatic rings. The number of carbonyl (C=O) groups is 2. The van der Waals surface area contributed by atoms with Gasteiger partial charge < -0.3 is 17.2 Å². The molecule has 1 aromatic heterocycles. The molecule has 0 radical (unpaired) electrons. The Morgan fingerprint density at radius 2 is 1.67 bits per heavy atom. The molecule has 1 aromatic rings. The van der Waals surface area contributed by atoms with Crippen LogP contribution in [0.3, 0.4) is 0 Å². The summed E-state index contributed by atoms with van der Waals surface area (Å²) in [6, 6.07) is 3.24. The van der Waals surface area contributed by atoms with E-state index in [-0.39, 0.29) is 25.7 Å². The van der Waals surface area contributed by atoms with Gasteiger partial charge in [0.1, 0.15) is 0 Å². The van der Waals surface area contributed by atoms with Crippen molar-refractivity contribution >= 4 is 11.8 Å². The molecule has 7 heteroatoms. The maximum Gasteiger partial charge on any atom is 0.231 e. The van der Waals surface area contributed by atoms with Gasteiger partial charge in [0.25, 0.3) is 0 Å². The van der Waals surface area contributed by atoms with E-state index in [1.54, 1.807) is 29.4 Å². The molecule has 7 nitrogen and oxygen atoms in total. The summed E-state index contributed by atoms with van der Waals surface area (Å²) in [6.45, 7) is 0.0881. The largest absolute Gasteiger partial charge is 0.369 e. The van der Waals surface area contributed by atoms with Crippen LogP contribution in [-0.2, 0) is 9.59 Å². The van der Waals surface area contributed by atoms with Gasteiger partial charge >= 0.3 is 0 Å². The number of hydrogen-bond donors (Lipinski definition) is 3. The molecular weight excluding hydrogens is 234 g/mol. The van der Waals surface area contributed by atoms with Crippen LogP contribution < -0.4 is 17.2 Å². The number of nitrogens with zero attached hydrogens (tertiary/aromatic N) is 2. The zero-order valence-electron chi connectivity index (χ0n) is 9.95. The topological polar surface area (TPSA) is 128 Å². The Morgan fingerprint density at radius 1 is 1.17 bits per heavy atom. The van der Waals surface area contributed by atoms with E-state index in [9.17, 15) is 9.59 Å². The number of primary amides is 2. The molecule has 18 heavy (non-hydrogen) atoms. The molecule has 1 atom stereocenters. The number of rotatable bonds is 7. The minimum atomic E-state index is -0.538. The highest BCUT2D eigenvalue weighted by molar-refractivity contribution is 5.79. The van der Waals surface area contributed by atoms with Crippen molar-refractivity contribution in [2.24, 2.45) is 17.2 Å². The highest BCUT2D eigenvalue weighted by Crippen LogP contribution is 2.18. The lowest BCUT2D eigenvalue weighted by Gasteiger charge is -2.28. The molecule has 6 N–H and O–H groups in total. The molecule has 1 rings (SSSR count). The van der Waals surface area contributed by atoms with E-state index in [0.29, 0.717) is 0 Å². The summed E-state index contributed by atoms with van der Waals surface area (Å²) in [7, 11) is 0. The predicted molar refractivity (Wildman–Crippen MR) is 66.0 cm³/mol. The number of amides is 2. The molecule has 0 aliphatic heterocycles. The fraction of sp³-hybridized carbons (Fsp3) is 0.364. The Labute approximate surface area is 105 Å². The van der Waals surface area contributed by atoms with Crippen molar-refractivity contribution in [1.29, 1.82) is 0 Å². The SMILES string of the molecule is NCC(c1ccncc1)N(CC(N)=O)CC(N)=O. The molecule has 0 saturated carbocycles. The molecule has 2 amide bonds. The van der Waals surface area contributed by atoms with Gasteiger partial charge in [0.15, 0.2) is 0 Å². The van der Waals surface area contributed by atoms with E-state index in [4.69, 9.17) is 17.2 Å². The van der Waals surface area contributed by atoms with E-state index in [1.807, 2.05) is 0 Å². The predicted octanol–water partition coefficient (Wildman–Crippen LogP) is -1.65. The number of carbonyl (C=O) groups excluding carboxylic acids is 2. The van der Waals surface area contributed by atoms with Crippen LogP contribution in [0.15, 0.2) is 24.5 Å². The van der Waals surface area contributed by atoms with E-state index in [1.165, 1.54) is 0 Å². The maximum absolute atomic E-state index is 11.0. The average Bonchev–Trinajstić information content (AvgIpc) is 2.29. The summed E-state index contributed by atoms with van der Waals surface area (Å²) < 4.78 is 0. The first-order valence-electron chi connectivity index (χ1n) is 5.45. The minimum absolute atomic E-state index is 0.0763. The van der Waals surface area contributed by atoms with Gasteiger partial charge in [0.2, 0.25) is 11.8 Å². The molecule has 1 unspecified atom stereocenters. The Bertz CT molecular complexity index is 393. The zero-order chi connectivity index (χ0) is 13.5. The molecule has 0 aliphatic carbocycles. The Kier molecular flexibility index (Phi) is 5.22. The van der Waals surface area contributed by atoms with Crippen molar-refractivity contribution in [2.75, 3.05) is 19.6 Å². The van der Waals surface area contributed by atoms with Crippen LogP contribution in [0.1, 0.15) is 11.6 Å². The third kappa shape index (κ3) is 4.11. The molecule has 0 spiro atoms. The van der Waals surface area contributed by atoms with Gasteiger partial charge in [-0.2, -0.15) is 0 Å². The first kappa shape index (κ1) is 14.1. The van der Waals surface area contributed by atoms with Crippen LogP contribution in [-0.4, -0.2) is 41.3 Å².